The van der Waals surface area contributed by atoms with Crippen LogP contribution in [-0.4, -0.2) is 25.0 Å². The summed E-state index contributed by atoms with van der Waals surface area (Å²) in [5, 5.41) is 0. The number of halogens is 1. The molecule has 1 atom stereocenters. The molecule has 0 aromatic heterocycles. The molecule has 0 radical (unpaired) electrons. The Morgan fingerprint density at radius 3 is 2.78 bits per heavy atom. The summed E-state index contributed by atoms with van der Waals surface area (Å²) in [5.41, 5.74) is 0.725. The summed E-state index contributed by atoms with van der Waals surface area (Å²) < 4.78 is 35.0. The van der Waals surface area contributed by atoms with Crippen LogP contribution in [0.15, 0.2) is 28.0 Å². The summed E-state index contributed by atoms with van der Waals surface area (Å²) in [5.74, 6) is 0.346. The van der Waals surface area contributed by atoms with Crippen molar-refractivity contribution in [2.75, 3.05) is 17.3 Å². The summed E-state index contributed by atoms with van der Waals surface area (Å²) in [6.45, 7) is 2.86. The van der Waals surface area contributed by atoms with Crippen LogP contribution in [0.2, 0.25) is 0 Å². The Kier molecular flexibility index (Phi) is 3.99. The summed E-state index contributed by atoms with van der Waals surface area (Å²) in [6.07, 6.45) is 2.01. The number of benzene rings is 1. The quantitative estimate of drug-likeness (QED) is 0.801. The predicted molar refractivity (Wildman–Crippen MR) is 73.0 cm³/mol. The van der Waals surface area contributed by atoms with Crippen LogP contribution in [0.5, 0.6) is 0 Å². The van der Waals surface area contributed by atoms with Crippen molar-refractivity contribution in [1.29, 1.82) is 0 Å². The highest BCUT2D eigenvalue weighted by molar-refractivity contribution is 8.14. The summed E-state index contributed by atoms with van der Waals surface area (Å²) >= 11 is 0. The summed E-state index contributed by atoms with van der Waals surface area (Å²) in [7, 11) is 0.199. The third-order valence-electron chi connectivity index (χ3n) is 2.84. The first-order valence-corrected chi connectivity index (χ1v) is 9.29. The minimum atomic E-state index is -3.85. The average molecular weight is 308 g/mol. The Hall–Kier alpha value is -0.590. The van der Waals surface area contributed by atoms with E-state index >= 15 is 0 Å². The Labute approximate surface area is 114 Å². The van der Waals surface area contributed by atoms with E-state index < -0.39 is 19.9 Å². The highest BCUT2D eigenvalue weighted by atomic mass is 35.7. The molecule has 1 aliphatic heterocycles. The van der Waals surface area contributed by atoms with E-state index in [9.17, 15) is 12.6 Å². The molecular formula is C11H14ClNO3S2. The zero-order valence-corrected chi connectivity index (χ0v) is 12.3. The SMILES string of the molecule is CCCCN1CS(=O)c2c1cccc2S(=O)(=O)Cl. The fourth-order valence-corrected chi connectivity index (χ4v) is 5.08. The largest absolute Gasteiger partial charge is 0.358 e. The smallest absolute Gasteiger partial charge is 0.262 e. The van der Waals surface area contributed by atoms with Gasteiger partial charge in [0.2, 0.25) is 0 Å². The molecule has 0 spiro atoms. The number of hydrogen-bond donors (Lipinski definition) is 0. The van der Waals surface area contributed by atoms with Gasteiger partial charge in [0.05, 0.1) is 27.3 Å². The van der Waals surface area contributed by atoms with Crippen LogP contribution >= 0.6 is 10.7 Å². The highest BCUT2D eigenvalue weighted by Gasteiger charge is 2.31. The van der Waals surface area contributed by atoms with Crippen LogP contribution in [0.25, 0.3) is 0 Å². The topological polar surface area (TPSA) is 54.5 Å². The monoisotopic (exact) mass is 307 g/mol. The molecule has 100 valence electrons. The maximum absolute atomic E-state index is 12.1. The zero-order chi connectivity index (χ0) is 13.3. The van der Waals surface area contributed by atoms with E-state index in [1.54, 1.807) is 12.1 Å². The molecule has 0 saturated heterocycles. The molecule has 1 aromatic rings. The van der Waals surface area contributed by atoms with Crippen molar-refractivity contribution in [2.24, 2.45) is 0 Å². The van der Waals surface area contributed by atoms with E-state index in [0.29, 0.717) is 10.8 Å². The van der Waals surface area contributed by atoms with Crippen molar-refractivity contribution in [3.63, 3.8) is 0 Å². The van der Waals surface area contributed by atoms with Crippen LogP contribution in [0.1, 0.15) is 19.8 Å². The lowest BCUT2D eigenvalue weighted by Crippen LogP contribution is -2.22. The average Bonchev–Trinajstić information content (AvgIpc) is 2.63. The molecule has 0 aliphatic carbocycles. The van der Waals surface area contributed by atoms with Gasteiger partial charge in [0, 0.05) is 17.2 Å². The minimum Gasteiger partial charge on any atom is -0.358 e. The van der Waals surface area contributed by atoms with Gasteiger partial charge in [-0.15, -0.1) is 0 Å². The Morgan fingerprint density at radius 2 is 2.17 bits per heavy atom. The normalized spacial score (nSPS) is 19.0. The second kappa shape index (κ2) is 5.19. The number of unbranched alkanes of at least 4 members (excludes halogenated alkanes) is 1. The third kappa shape index (κ3) is 2.55. The molecule has 18 heavy (non-hydrogen) atoms. The molecular weight excluding hydrogens is 294 g/mol. The second-order valence-corrected chi connectivity index (χ2v) is 8.03. The predicted octanol–water partition coefficient (Wildman–Crippen LogP) is 2.30. The van der Waals surface area contributed by atoms with Crippen molar-refractivity contribution >= 4 is 36.2 Å². The highest BCUT2D eigenvalue weighted by Crippen LogP contribution is 2.37. The standard InChI is InChI=1S/C11H14ClNO3S2/c1-2-3-7-13-8-17(14)11-9(13)5-4-6-10(11)18(12,15)16/h4-6H,2-3,7-8H2,1H3. The third-order valence-corrected chi connectivity index (χ3v) is 5.77. The molecule has 0 bridgehead atoms. The Morgan fingerprint density at radius 1 is 1.44 bits per heavy atom. The molecule has 0 saturated carbocycles. The van der Waals surface area contributed by atoms with Gasteiger partial charge >= 0.3 is 0 Å². The minimum absolute atomic E-state index is 0.0287. The Balaban J connectivity index is 2.48. The van der Waals surface area contributed by atoms with Gasteiger partial charge in [0.15, 0.2) is 0 Å². The van der Waals surface area contributed by atoms with Crippen molar-refractivity contribution < 1.29 is 12.6 Å². The van der Waals surface area contributed by atoms with Crippen LogP contribution in [-0.2, 0) is 19.9 Å². The number of fused-ring (bicyclic) bond motifs is 1. The molecule has 2 rings (SSSR count). The van der Waals surface area contributed by atoms with Crippen LogP contribution in [0.4, 0.5) is 5.69 Å². The molecule has 1 aromatic carbocycles. The molecule has 4 nitrogen and oxygen atoms in total. The van der Waals surface area contributed by atoms with Gasteiger partial charge in [0.25, 0.3) is 9.05 Å². The van der Waals surface area contributed by atoms with Crippen molar-refractivity contribution in [1.82, 2.24) is 0 Å². The van der Waals surface area contributed by atoms with E-state index in [1.165, 1.54) is 6.07 Å². The molecule has 1 aliphatic rings. The van der Waals surface area contributed by atoms with Gasteiger partial charge in [0.1, 0.15) is 4.90 Å². The number of hydrogen-bond acceptors (Lipinski definition) is 4. The van der Waals surface area contributed by atoms with Crippen molar-refractivity contribution in [3.05, 3.63) is 18.2 Å². The first kappa shape index (κ1) is 13.8. The first-order chi connectivity index (χ1) is 8.45. The van der Waals surface area contributed by atoms with Crippen LogP contribution in [0, 0.1) is 0 Å². The maximum Gasteiger partial charge on any atom is 0.262 e. The fourth-order valence-electron chi connectivity index (χ4n) is 1.98. The second-order valence-electron chi connectivity index (χ2n) is 4.13. The lowest BCUT2D eigenvalue weighted by molar-refractivity contribution is 0.607. The van der Waals surface area contributed by atoms with Crippen LogP contribution in [0.3, 0.4) is 0 Å². The van der Waals surface area contributed by atoms with Crippen LogP contribution < -0.4 is 4.90 Å². The number of rotatable bonds is 4. The van der Waals surface area contributed by atoms with E-state index in [2.05, 4.69) is 6.92 Å². The molecule has 1 unspecified atom stereocenters. The molecule has 0 N–H and O–H groups in total. The number of nitrogens with zero attached hydrogens (tertiary/aromatic N) is 1. The Bertz CT molecular complexity index is 586. The van der Waals surface area contributed by atoms with Gasteiger partial charge in [-0.1, -0.05) is 19.4 Å². The zero-order valence-electron chi connectivity index (χ0n) is 9.93. The lowest BCUT2D eigenvalue weighted by atomic mass is 10.2. The molecule has 0 fully saturated rings. The number of anilines is 1. The van der Waals surface area contributed by atoms with Crippen molar-refractivity contribution in [3.8, 4) is 0 Å². The fraction of sp³-hybridized carbons (Fsp3) is 0.455. The molecule has 7 heteroatoms. The van der Waals surface area contributed by atoms with E-state index in [4.69, 9.17) is 10.7 Å². The van der Waals surface area contributed by atoms with E-state index in [-0.39, 0.29) is 4.90 Å². The summed E-state index contributed by atoms with van der Waals surface area (Å²) in [6, 6.07) is 4.83. The van der Waals surface area contributed by atoms with E-state index in [0.717, 1.165) is 25.1 Å². The molecule has 0 amide bonds. The maximum atomic E-state index is 12.1. The van der Waals surface area contributed by atoms with Gasteiger partial charge in [-0.05, 0) is 18.6 Å². The van der Waals surface area contributed by atoms with Crippen molar-refractivity contribution in [2.45, 2.75) is 29.6 Å². The summed E-state index contributed by atoms with van der Waals surface area (Å²) in [4.78, 5) is 2.28. The van der Waals surface area contributed by atoms with Gasteiger partial charge in [-0.3, -0.25) is 4.21 Å². The lowest BCUT2D eigenvalue weighted by Gasteiger charge is -2.17. The first-order valence-electron chi connectivity index (χ1n) is 5.66. The van der Waals surface area contributed by atoms with Gasteiger partial charge in [-0.25, -0.2) is 8.42 Å². The van der Waals surface area contributed by atoms with Gasteiger partial charge in [-0.2, -0.15) is 0 Å². The van der Waals surface area contributed by atoms with E-state index in [1.807, 2.05) is 4.90 Å². The molecule has 1 heterocycles. The van der Waals surface area contributed by atoms with Gasteiger partial charge < -0.3 is 4.90 Å².